The van der Waals surface area contributed by atoms with Crippen LogP contribution in [-0.4, -0.2) is 0 Å². The lowest BCUT2D eigenvalue weighted by molar-refractivity contribution is 1.31. The summed E-state index contributed by atoms with van der Waals surface area (Å²) >= 11 is 1.87. The van der Waals surface area contributed by atoms with E-state index in [0.717, 1.165) is 11.4 Å². The maximum Gasteiger partial charge on any atom is 0.0546 e. The van der Waals surface area contributed by atoms with Crippen LogP contribution < -0.4 is 4.90 Å². The summed E-state index contributed by atoms with van der Waals surface area (Å²) in [6, 6.07) is 64.6. The number of hydrogen-bond acceptors (Lipinski definition) is 2. The monoisotopic (exact) mass is 627 g/mol. The molecule has 1 nitrogen and oxygen atoms in total. The number of nitrogens with zero attached hydrogens (tertiary/aromatic N) is 1. The van der Waals surface area contributed by atoms with Crippen LogP contribution in [0.4, 0.5) is 17.1 Å². The topological polar surface area (TPSA) is 3.24 Å². The summed E-state index contributed by atoms with van der Waals surface area (Å²) in [4.78, 5) is 2.46. The van der Waals surface area contributed by atoms with Gasteiger partial charge in [-0.05, 0) is 97.4 Å². The fourth-order valence-corrected chi connectivity index (χ4v) is 8.66. The Bertz CT molecular complexity index is 2850. The van der Waals surface area contributed by atoms with Crippen LogP contribution in [-0.2, 0) is 0 Å². The van der Waals surface area contributed by atoms with Gasteiger partial charge in [-0.15, -0.1) is 11.3 Å². The van der Waals surface area contributed by atoms with Crippen LogP contribution in [0.5, 0.6) is 0 Å². The van der Waals surface area contributed by atoms with E-state index >= 15 is 0 Å². The molecule has 10 rings (SSSR count). The fourth-order valence-electron chi connectivity index (χ4n) is 7.52. The van der Waals surface area contributed by atoms with Crippen molar-refractivity contribution in [3.8, 4) is 11.1 Å². The third kappa shape index (κ3) is 4.31. The van der Waals surface area contributed by atoms with Gasteiger partial charge in [0.2, 0.25) is 0 Å². The molecular weight excluding hydrogens is 599 g/mol. The lowest BCUT2D eigenvalue weighted by Gasteiger charge is -2.28. The van der Waals surface area contributed by atoms with E-state index in [0.29, 0.717) is 0 Å². The van der Waals surface area contributed by atoms with Crippen LogP contribution in [0.2, 0.25) is 0 Å². The highest BCUT2D eigenvalue weighted by atomic mass is 32.1. The predicted octanol–water partition coefficient (Wildman–Crippen LogP) is 13.8. The molecule has 10 aromatic rings. The lowest BCUT2D eigenvalue weighted by atomic mass is 9.95. The highest BCUT2D eigenvalue weighted by Crippen LogP contribution is 2.45. The van der Waals surface area contributed by atoms with Crippen molar-refractivity contribution in [2.75, 3.05) is 4.90 Å². The van der Waals surface area contributed by atoms with Crippen molar-refractivity contribution in [2.24, 2.45) is 0 Å². The van der Waals surface area contributed by atoms with Crippen LogP contribution in [0.3, 0.4) is 0 Å². The number of rotatable bonds is 4. The number of hydrogen-bond donors (Lipinski definition) is 0. The molecule has 0 unspecified atom stereocenters. The van der Waals surface area contributed by atoms with Gasteiger partial charge >= 0.3 is 0 Å². The van der Waals surface area contributed by atoms with Gasteiger partial charge in [-0.25, -0.2) is 0 Å². The Morgan fingerprint density at radius 3 is 1.98 bits per heavy atom. The van der Waals surface area contributed by atoms with Gasteiger partial charge in [0, 0.05) is 36.9 Å². The minimum absolute atomic E-state index is 1.13. The largest absolute Gasteiger partial charge is 0.310 e. The first kappa shape index (κ1) is 27.2. The van der Waals surface area contributed by atoms with Gasteiger partial charge in [-0.2, -0.15) is 0 Å². The molecule has 0 N–H and O–H groups in total. The second kappa shape index (κ2) is 10.8. The zero-order valence-corrected chi connectivity index (χ0v) is 26.9. The Hall–Kier alpha value is -5.96. The molecule has 0 atom stereocenters. The quantitative estimate of drug-likeness (QED) is 0.176. The first-order valence-corrected chi connectivity index (χ1v) is 17.2. The van der Waals surface area contributed by atoms with Crippen molar-refractivity contribution in [3.63, 3.8) is 0 Å². The standard InChI is InChI=1S/C46H29NS/c1-2-10-30(11-3-1)33-14-8-15-36(26-33)47(37-23-20-34-28-42-40-17-6-7-19-44(40)48-45(42)29-35(34)27-37)43-18-9-13-32-22-24-39-38-16-5-4-12-31(38)21-25-41(39)46(32)43/h1-29H. The molecule has 2 heteroatoms. The van der Waals surface area contributed by atoms with E-state index in [-0.39, 0.29) is 0 Å². The molecule has 0 radical (unpaired) electrons. The summed E-state index contributed by atoms with van der Waals surface area (Å²) in [6.45, 7) is 0. The van der Waals surface area contributed by atoms with Crippen LogP contribution in [0.25, 0.3) is 74.4 Å². The molecule has 0 saturated heterocycles. The normalized spacial score (nSPS) is 11.8. The molecule has 0 aliphatic carbocycles. The zero-order chi connectivity index (χ0) is 31.6. The molecule has 48 heavy (non-hydrogen) atoms. The van der Waals surface area contributed by atoms with Gasteiger partial charge in [0.15, 0.2) is 0 Å². The minimum atomic E-state index is 1.13. The minimum Gasteiger partial charge on any atom is -0.310 e. The summed E-state index contributed by atoms with van der Waals surface area (Å²) < 4.78 is 2.65. The number of thiophene rings is 1. The van der Waals surface area contributed by atoms with Gasteiger partial charge in [0.25, 0.3) is 0 Å². The summed E-state index contributed by atoms with van der Waals surface area (Å²) in [7, 11) is 0. The first-order valence-electron chi connectivity index (χ1n) is 16.4. The molecule has 9 aromatic carbocycles. The van der Waals surface area contributed by atoms with Crippen molar-refractivity contribution in [2.45, 2.75) is 0 Å². The number of benzene rings is 9. The Kier molecular flexibility index (Phi) is 6.12. The van der Waals surface area contributed by atoms with Gasteiger partial charge in [0.1, 0.15) is 0 Å². The molecule has 224 valence electrons. The first-order chi connectivity index (χ1) is 23.8. The third-order valence-electron chi connectivity index (χ3n) is 9.77. The van der Waals surface area contributed by atoms with E-state index in [1.54, 1.807) is 0 Å². The highest BCUT2D eigenvalue weighted by molar-refractivity contribution is 7.25. The van der Waals surface area contributed by atoms with Crippen molar-refractivity contribution in [1.82, 2.24) is 0 Å². The maximum atomic E-state index is 2.46. The molecule has 1 aromatic heterocycles. The highest BCUT2D eigenvalue weighted by Gasteiger charge is 2.19. The molecule has 0 saturated carbocycles. The third-order valence-corrected chi connectivity index (χ3v) is 10.9. The summed E-state index contributed by atoms with van der Waals surface area (Å²) in [6.07, 6.45) is 0. The van der Waals surface area contributed by atoms with E-state index in [2.05, 4.69) is 181 Å². The van der Waals surface area contributed by atoms with Crippen LogP contribution in [0.1, 0.15) is 0 Å². The molecule has 0 bridgehead atoms. The van der Waals surface area contributed by atoms with E-state index < -0.39 is 0 Å². The Balaban J connectivity index is 1.25. The second-order valence-corrected chi connectivity index (χ2v) is 13.6. The van der Waals surface area contributed by atoms with Crippen molar-refractivity contribution < 1.29 is 0 Å². The van der Waals surface area contributed by atoms with Gasteiger partial charge in [-0.1, -0.05) is 127 Å². The smallest absolute Gasteiger partial charge is 0.0546 e. The average Bonchev–Trinajstić information content (AvgIpc) is 3.51. The fraction of sp³-hybridized carbons (Fsp3) is 0. The molecule has 0 amide bonds. The molecular formula is C46H29NS. The van der Waals surface area contributed by atoms with Crippen molar-refractivity contribution in [1.29, 1.82) is 0 Å². The molecule has 0 aliphatic rings. The van der Waals surface area contributed by atoms with E-state index in [1.807, 2.05) is 11.3 Å². The molecule has 1 heterocycles. The summed E-state index contributed by atoms with van der Waals surface area (Å²) in [5, 5.41) is 12.7. The summed E-state index contributed by atoms with van der Waals surface area (Å²) in [5.74, 6) is 0. The van der Waals surface area contributed by atoms with Crippen LogP contribution >= 0.6 is 11.3 Å². The molecule has 0 aliphatic heterocycles. The molecule has 0 spiro atoms. The lowest BCUT2D eigenvalue weighted by Crippen LogP contribution is -2.10. The van der Waals surface area contributed by atoms with E-state index in [1.165, 1.54) is 80.1 Å². The Morgan fingerprint density at radius 1 is 0.333 bits per heavy atom. The molecule has 0 fully saturated rings. The van der Waals surface area contributed by atoms with E-state index in [9.17, 15) is 0 Å². The Labute approximate surface area is 282 Å². The van der Waals surface area contributed by atoms with Gasteiger partial charge in [0.05, 0.1) is 5.69 Å². The van der Waals surface area contributed by atoms with Crippen LogP contribution in [0.15, 0.2) is 176 Å². The summed E-state index contributed by atoms with van der Waals surface area (Å²) in [5.41, 5.74) is 5.84. The zero-order valence-electron chi connectivity index (χ0n) is 26.1. The number of fused-ring (bicyclic) bond motifs is 9. The predicted molar refractivity (Wildman–Crippen MR) is 209 cm³/mol. The second-order valence-electron chi connectivity index (χ2n) is 12.6. The SMILES string of the molecule is c1ccc(-c2cccc(N(c3ccc4cc5c(cc4c3)sc3ccccc35)c3cccc4ccc5c6ccccc6ccc5c34)c2)cc1. The Morgan fingerprint density at radius 2 is 1.04 bits per heavy atom. The van der Waals surface area contributed by atoms with E-state index in [4.69, 9.17) is 0 Å². The van der Waals surface area contributed by atoms with Crippen molar-refractivity contribution in [3.05, 3.63) is 176 Å². The van der Waals surface area contributed by atoms with Crippen LogP contribution in [0, 0.1) is 0 Å². The van der Waals surface area contributed by atoms with Gasteiger partial charge < -0.3 is 4.90 Å². The average molecular weight is 628 g/mol. The maximum absolute atomic E-state index is 2.46. The number of anilines is 3. The van der Waals surface area contributed by atoms with Crippen molar-refractivity contribution >= 4 is 91.7 Å². The van der Waals surface area contributed by atoms with Gasteiger partial charge in [-0.3, -0.25) is 0 Å².